The van der Waals surface area contributed by atoms with Crippen molar-refractivity contribution >= 4 is 15.9 Å². The largest absolute Gasteiger partial charge is 0.396 e. The zero-order chi connectivity index (χ0) is 14.3. The topological polar surface area (TPSA) is 86.7 Å². The van der Waals surface area contributed by atoms with Crippen molar-refractivity contribution < 1.29 is 18.3 Å². The number of aliphatic hydroxyl groups is 1. The highest BCUT2D eigenvalue weighted by Crippen LogP contribution is 2.20. The van der Waals surface area contributed by atoms with E-state index in [-0.39, 0.29) is 18.6 Å². The second kappa shape index (κ2) is 7.81. The third kappa shape index (κ3) is 6.35. The minimum absolute atomic E-state index is 0.0277. The maximum Gasteiger partial charge on any atom is 0.222 e. The molecule has 0 saturated carbocycles. The van der Waals surface area contributed by atoms with Crippen LogP contribution in [-0.2, 0) is 14.8 Å². The summed E-state index contributed by atoms with van der Waals surface area (Å²) < 4.78 is 24.5. The minimum atomic E-state index is -3.16. The third-order valence-corrected chi connectivity index (χ3v) is 4.07. The van der Waals surface area contributed by atoms with Crippen molar-refractivity contribution in [2.45, 2.75) is 44.6 Å². The van der Waals surface area contributed by atoms with Crippen molar-refractivity contribution in [3.63, 3.8) is 0 Å². The summed E-state index contributed by atoms with van der Waals surface area (Å²) in [5, 5.41) is 8.76. The van der Waals surface area contributed by atoms with Gasteiger partial charge in [-0.2, -0.15) is 0 Å². The van der Waals surface area contributed by atoms with Crippen LogP contribution in [0.3, 0.4) is 0 Å². The molecule has 19 heavy (non-hydrogen) atoms. The Morgan fingerprint density at radius 1 is 1.42 bits per heavy atom. The average molecular weight is 292 g/mol. The molecule has 0 radical (unpaired) electrons. The average Bonchev–Trinajstić information content (AvgIpc) is 2.35. The van der Waals surface area contributed by atoms with Crippen LogP contribution < -0.4 is 4.72 Å². The van der Waals surface area contributed by atoms with Crippen LogP contribution >= 0.6 is 0 Å². The molecule has 1 unspecified atom stereocenters. The normalized spacial score (nSPS) is 20.5. The van der Waals surface area contributed by atoms with E-state index in [2.05, 4.69) is 4.72 Å². The van der Waals surface area contributed by atoms with Crippen LogP contribution in [0, 0.1) is 0 Å². The molecule has 0 aliphatic carbocycles. The van der Waals surface area contributed by atoms with Crippen LogP contribution in [-0.4, -0.2) is 56.3 Å². The summed E-state index contributed by atoms with van der Waals surface area (Å²) in [6, 6.07) is 0.120. The number of sulfonamides is 1. The van der Waals surface area contributed by atoms with Crippen molar-refractivity contribution in [2.75, 3.05) is 26.0 Å². The molecule has 0 spiro atoms. The Labute approximate surface area is 115 Å². The molecule has 0 aromatic heterocycles. The van der Waals surface area contributed by atoms with Gasteiger partial charge in [-0.15, -0.1) is 0 Å². The number of nitrogens with zero attached hydrogens (tertiary/aromatic N) is 1. The summed E-state index contributed by atoms with van der Waals surface area (Å²) in [7, 11) is -3.16. The van der Waals surface area contributed by atoms with E-state index in [0.717, 1.165) is 32.1 Å². The van der Waals surface area contributed by atoms with Gasteiger partial charge in [0.1, 0.15) is 0 Å². The quantitative estimate of drug-likeness (QED) is 0.696. The molecular formula is C12H24N2O4S. The summed E-state index contributed by atoms with van der Waals surface area (Å²) in [6.07, 6.45) is 5.65. The van der Waals surface area contributed by atoms with E-state index in [1.165, 1.54) is 0 Å². The number of nitrogens with one attached hydrogen (secondary N) is 1. The Kier molecular flexibility index (Phi) is 6.74. The Hall–Kier alpha value is -0.660. The molecule has 1 atom stereocenters. The summed E-state index contributed by atoms with van der Waals surface area (Å²) in [5.74, 6) is 0.0677. The number of hydrogen-bond acceptors (Lipinski definition) is 4. The Morgan fingerprint density at radius 2 is 2.16 bits per heavy atom. The molecule has 1 amide bonds. The van der Waals surface area contributed by atoms with Crippen molar-refractivity contribution in [3.05, 3.63) is 0 Å². The lowest BCUT2D eigenvalue weighted by molar-refractivity contribution is -0.135. The van der Waals surface area contributed by atoms with Gasteiger partial charge in [0, 0.05) is 32.2 Å². The number of likely N-dealkylation sites (tertiary alicyclic amines) is 1. The SMILES string of the molecule is CS(=O)(=O)NCCC1CCCCN1C(=O)CCCO. The Bertz CT molecular complexity index is 383. The van der Waals surface area contributed by atoms with E-state index in [0.29, 0.717) is 25.8 Å². The first-order valence-corrected chi connectivity index (χ1v) is 8.68. The van der Waals surface area contributed by atoms with E-state index in [1.54, 1.807) is 0 Å². The minimum Gasteiger partial charge on any atom is -0.396 e. The van der Waals surface area contributed by atoms with Gasteiger partial charge < -0.3 is 10.0 Å². The summed E-state index contributed by atoms with van der Waals surface area (Å²) >= 11 is 0. The molecule has 1 aliphatic rings. The second-order valence-electron chi connectivity index (χ2n) is 5.02. The van der Waals surface area contributed by atoms with Crippen LogP contribution in [0.2, 0.25) is 0 Å². The van der Waals surface area contributed by atoms with Crippen LogP contribution in [0.5, 0.6) is 0 Å². The van der Waals surface area contributed by atoms with E-state index < -0.39 is 10.0 Å². The van der Waals surface area contributed by atoms with Crippen molar-refractivity contribution in [1.29, 1.82) is 0 Å². The van der Waals surface area contributed by atoms with Gasteiger partial charge in [-0.1, -0.05) is 0 Å². The number of carbonyl (C=O) groups excluding carboxylic acids is 1. The maximum absolute atomic E-state index is 12.0. The highest BCUT2D eigenvalue weighted by Gasteiger charge is 2.25. The van der Waals surface area contributed by atoms with Crippen molar-refractivity contribution in [1.82, 2.24) is 9.62 Å². The van der Waals surface area contributed by atoms with Crippen LogP contribution in [0.1, 0.15) is 38.5 Å². The number of aliphatic hydroxyl groups excluding tert-OH is 1. The van der Waals surface area contributed by atoms with E-state index >= 15 is 0 Å². The number of carbonyl (C=O) groups is 1. The van der Waals surface area contributed by atoms with Gasteiger partial charge >= 0.3 is 0 Å². The van der Waals surface area contributed by atoms with Gasteiger partial charge in [0.15, 0.2) is 0 Å². The molecule has 6 nitrogen and oxygen atoms in total. The predicted octanol–water partition coefficient (Wildman–Crippen LogP) is 0.0793. The molecule has 2 N–H and O–H groups in total. The first-order valence-electron chi connectivity index (χ1n) is 6.79. The van der Waals surface area contributed by atoms with Gasteiger partial charge in [0.05, 0.1) is 6.26 Å². The number of piperidine rings is 1. The molecule has 1 saturated heterocycles. The Morgan fingerprint density at radius 3 is 2.79 bits per heavy atom. The lowest BCUT2D eigenvalue weighted by Gasteiger charge is -2.36. The van der Waals surface area contributed by atoms with Gasteiger partial charge in [-0.3, -0.25) is 4.79 Å². The zero-order valence-electron chi connectivity index (χ0n) is 11.5. The Balaban J connectivity index is 2.45. The fourth-order valence-corrected chi connectivity index (χ4v) is 2.90. The van der Waals surface area contributed by atoms with Gasteiger partial charge in [-0.05, 0) is 32.1 Å². The fourth-order valence-electron chi connectivity index (χ4n) is 2.41. The summed E-state index contributed by atoms with van der Waals surface area (Å²) in [5.41, 5.74) is 0. The lowest BCUT2D eigenvalue weighted by Crippen LogP contribution is -2.45. The number of hydrogen-bond donors (Lipinski definition) is 2. The monoisotopic (exact) mass is 292 g/mol. The lowest BCUT2D eigenvalue weighted by atomic mass is 9.99. The predicted molar refractivity (Wildman–Crippen MR) is 73.1 cm³/mol. The fraction of sp³-hybridized carbons (Fsp3) is 0.917. The molecule has 112 valence electrons. The highest BCUT2D eigenvalue weighted by atomic mass is 32.2. The molecule has 1 heterocycles. The highest BCUT2D eigenvalue weighted by molar-refractivity contribution is 7.88. The van der Waals surface area contributed by atoms with E-state index in [9.17, 15) is 13.2 Å². The zero-order valence-corrected chi connectivity index (χ0v) is 12.3. The van der Waals surface area contributed by atoms with E-state index in [1.807, 2.05) is 4.90 Å². The summed E-state index contributed by atoms with van der Waals surface area (Å²) in [4.78, 5) is 13.9. The standard InChI is InChI=1S/C12H24N2O4S/c1-19(17,18)13-8-7-11-5-2-3-9-14(11)12(16)6-4-10-15/h11,13,15H,2-10H2,1H3. The maximum atomic E-state index is 12.0. The van der Waals surface area contributed by atoms with Gasteiger partial charge in [-0.25, -0.2) is 13.1 Å². The molecule has 7 heteroatoms. The van der Waals surface area contributed by atoms with Crippen molar-refractivity contribution in [2.24, 2.45) is 0 Å². The molecule has 1 fully saturated rings. The molecule has 1 aliphatic heterocycles. The molecule has 0 aromatic carbocycles. The van der Waals surface area contributed by atoms with Crippen LogP contribution in [0.15, 0.2) is 0 Å². The smallest absolute Gasteiger partial charge is 0.222 e. The van der Waals surface area contributed by atoms with Crippen LogP contribution in [0.25, 0.3) is 0 Å². The van der Waals surface area contributed by atoms with E-state index in [4.69, 9.17) is 5.11 Å². The molecule has 0 aromatic rings. The molecule has 0 bridgehead atoms. The summed E-state index contributed by atoms with van der Waals surface area (Å²) in [6.45, 7) is 1.14. The van der Waals surface area contributed by atoms with Gasteiger partial charge in [0.2, 0.25) is 15.9 Å². The number of amides is 1. The second-order valence-corrected chi connectivity index (χ2v) is 6.85. The van der Waals surface area contributed by atoms with Crippen LogP contribution in [0.4, 0.5) is 0 Å². The first-order chi connectivity index (χ1) is 8.94. The molecular weight excluding hydrogens is 268 g/mol. The van der Waals surface area contributed by atoms with Crippen molar-refractivity contribution in [3.8, 4) is 0 Å². The number of rotatable bonds is 7. The third-order valence-electron chi connectivity index (χ3n) is 3.34. The van der Waals surface area contributed by atoms with Gasteiger partial charge in [0.25, 0.3) is 0 Å². The molecule has 1 rings (SSSR count). The first kappa shape index (κ1) is 16.4.